The van der Waals surface area contributed by atoms with E-state index in [1.54, 1.807) is 29.2 Å². The topological polar surface area (TPSA) is 82.5 Å². The van der Waals surface area contributed by atoms with Crippen LogP contribution in [-0.4, -0.2) is 24.7 Å². The van der Waals surface area contributed by atoms with Gasteiger partial charge in [-0.15, -0.1) is 0 Å². The fourth-order valence-corrected chi connectivity index (χ4v) is 2.98. The molecule has 6 nitrogen and oxygen atoms in total. The van der Waals surface area contributed by atoms with E-state index in [1.165, 1.54) is 6.33 Å². The Morgan fingerprint density at radius 3 is 2.22 bits per heavy atom. The van der Waals surface area contributed by atoms with Crippen LogP contribution in [0.15, 0.2) is 30.9 Å². The average molecular weight is 349 g/mol. The van der Waals surface area contributed by atoms with Crippen LogP contribution in [0.5, 0.6) is 0 Å². The summed E-state index contributed by atoms with van der Waals surface area (Å²) >= 11 is 12.8. The first-order chi connectivity index (χ1) is 11.0. The van der Waals surface area contributed by atoms with E-state index in [0.29, 0.717) is 38.5 Å². The smallest absolute Gasteiger partial charge is 0.158 e. The summed E-state index contributed by atoms with van der Waals surface area (Å²) in [6.07, 6.45) is 3.02. The Balaban J connectivity index is 2.27. The van der Waals surface area contributed by atoms with Crippen molar-refractivity contribution in [1.29, 1.82) is 0 Å². The lowest BCUT2D eigenvalue weighted by Gasteiger charge is -2.20. The molecule has 118 valence electrons. The van der Waals surface area contributed by atoms with E-state index in [0.717, 1.165) is 0 Å². The summed E-state index contributed by atoms with van der Waals surface area (Å²) in [4.78, 5) is 13.0. The van der Waals surface area contributed by atoms with Crippen molar-refractivity contribution in [2.24, 2.45) is 0 Å². The largest absolute Gasteiger partial charge is 0.396 e. The van der Waals surface area contributed by atoms with Crippen molar-refractivity contribution >= 4 is 28.9 Å². The highest BCUT2D eigenvalue weighted by Gasteiger charge is 2.26. The predicted octanol–water partition coefficient (Wildman–Crippen LogP) is 3.21. The van der Waals surface area contributed by atoms with Gasteiger partial charge in [0.1, 0.15) is 18.7 Å². The molecule has 2 N–H and O–H groups in total. The molecule has 0 saturated heterocycles. The summed E-state index contributed by atoms with van der Waals surface area (Å²) in [7, 11) is 0. The second-order valence-corrected chi connectivity index (χ2v) is 5.89. The van der Waals surface area contributed by atoms with Gasteiger partial charge in [-0.05, 0) is 26.0 Å². The minimum atomic E-state index is -0.489. The molecule has 8 heteroatoms. The predicted molar refractivity (Wildman–Crippen MR) is 89.6 cm³/mol. The molecule has 0 bridgehead atoms. The quantitative estimate of drug-likeness (QED) is 0.785. The van der Waals surface area contributed by atoms with Crippen LogP contribution in [0.3, 0.4) is 0 Å². The molecule has 3 rings (SSSR count). The molecule has 1 aromatic carbocycles. The van der Waals surface area contributed by atoms with E-state index in [4.69, 9.17) is 28.9 Å². The maximum Gasteiger partial charge on any atom is 0.158 e. The third kappa shape index (κ3) is 2.87. The monoisotopic (exact) mass is 348 g/mol. The van der Waals surface area contributed by atoms with E-state index in [-0.39, 0.29) is 0 Å². The fourth-order valence-electron chi connectivity index (χ4n) is 2.38. The van der Waals surface area contributed by atoms with Gasteiger partial charge in [0.25, 0.3) is 0 Å². The standard InChI is InChI=1S/C15H14Cl2N6/c1-8-13(18)9(2)22-15(21-8)14(23-7-19-6-20-23)12-10(16)4-3-5-11(12)17/h3-7,14H,18H2,1-2H3. The number of rotatable bonds is 3. The van der Waals surface area contributed by atoms with Crippen LogP contribution in [0.25, 0.3) is 0 Å². The highest BCUT2D eigenvalue weighted by molar-refractivity contribution is 6.36. The van der Waals surface area contributed by atoms with Crippen molar-refractivity contribution in [2.75, 3.05) is 5.73 Å². The number of nitrogens with zero attached hydrogens (tertiary/aromatic N) is 5. The molecule has 23 heavy (non-hydrogen) atoms. The molecular weight excluding hydrogens is 335 g/mol. The lowest BCUT2D eigenvalue weighted by Crippen LogP contribution is -2.19. The SMILES string of the molecule is Cc1nc(C(c2c(Cl)cccc2Cl)n2cncn2)nc(C)c1N. The molecule has 0 fully saturated rings. The molecule has 3 aromatic rings. The van der Waals surface area contributed by atoms with Gasteiger partial charge in [-0.25, -0.2) is 19.6 Å². The van der Waals surface area contributed by atoms with Crippen molar-refractivity contribution in [3.8, 4) is 0 Å². The molecule has 0 radical (unpaired) electrons. The molecule has 0 aliphatic carbocycles. The first-order valence-electron chi connectivity index (χ1n) is 6.87. The summed E-state index contributed by atoms with van der Waals surface area (Å²) in [5, 5.41) is 5.23. The van der Waals surface area contributed by atoms with Crippen molar-refractivity contribution in [3.63, 3.8) is 0 Å². The summed E-state index contributed by atoms with van der Waals surface area (Å²) in [5.74, 6) is 0.509. The van der Waals surface area contributed by atoms with E-state index in [9.17, 15) is 0 Å². The fraction of sp³-hybridized carbons (Fsp3) is 0.200. The van der Waals surface area contributed by atoms with Gasteiger partial charge in [-0.3, -0.25) is 0 Å². The lowest BCUT2D eigenvalue weighted by molar-refractivity contribution is 0.562. The van der Waals surface area contributed by atoms with Crippen LogP contribution >= 0.6 is 23.2 Å². The van der Waals surface area contributed by atoms with E-state index in [1.807, 2.05) is 13.8 Å². The van der Waals surface area contributed by atoms with Gasteiger partial charge in [0.15, 0.2) is 5.82 Å². The average Bonchev–Trinajstić information content (AvgIpc) is 3.02. The van der Waals surface area contributed by atoms with Crippen LogP contribution in [0.2, 0.25) is 10.0 Å². The molecule has 0 saturated carbocycles. The van der Waals surface area contributed by atoms with Crippen molar-refractivity contribution in [3.05, 3.63) is 63.7 Å². The molecule has 1 atom stereocenters. The number of nitrogen functional groups attached to an aromatic ring is 1. The van der Waals surface area contributed by atoms with E-state index in [2.05, 4.69) is 20.1 Å². The van der Waals surface area contributed by atoms with Gasteiger partial charge in [-0.1, -0.05) is 29.3 Å². The van der Waals surface area contributed by atoms with Gasteiger partial charge >= 0.3 is 0 Å². The third-order valence-electron chi connectivity index (χ3n) is 3.56. The van der Waals surface area contributed by atoms with Gasteiger partial charge in [0, 0.05) is 15.6 Å². The number of nitrogens with two attached hydrogens (primary N) is 1. The van der Waals surface area contributed by atoms with Crippen molar-refractivity contribution in [1.82, 2.24) is 24.7 Å². The minimum Gasteiger partial charge on any atom is -0.396 e. The Morgan fingerprint density at radius 1 is 1.09 bits per heavy atom. The Labute approximate surface area is 143 Å². The number of hydrogen-bond acceptors (Lipinski definition) is 5. The maximum atomic E-state index is 6.38. The van der Waals surface area contributed by atoms with E-state index < -0.39 is 6.04 Å². The zero-order valence-corrected chi connectivity index (χ0v) is 14.0. The van der Waals surface area contributed by atoms with Crippen molar-refractivity contribution in [2.45, 2.75) is 19.9 Å². The van der Waals surface area contributed by atoms with Crippen LogP contribution in [0.1, 0.15) is 28.8 Å². The number of aromatic nitrogens is 5. The number of aryl methyl sites for hydroxylation is 2. The lowest BCUT2D eigenvalue weighted by atomic mass is 10.1. The summed E-state index contributed by atoms with van der Waals surface area (Å²) in [6, 6.07) is 4.83. The number of halogens is 2. The normalized spacial score (nSPS) is 12.3. The first-order valence-corrected chi connectivity index (χ1v) is 7.63. The molecule has 0 amide bonds. The van der Waals surface area contributed by atoms with Crippen LogP contribution in [-0.2, 0) is 0 Å². The summed E-state index contributed by atoms with van der Waals surface area (Å²) in [5.41, 5.74) is 8.58. The molecule has 2 heterocycles. The molecule has 0 aliphatic rings. The second kappa shape index (κ2) is 6.14. The highest BCUT2D eigenvalue weighted by Crippen LogP contribution is 2.35. The molecule has 2 aromatic heterocycles. The maximum absolute atomic E-state index is 6.38. The van der Waals surface area contributed by atoms with Gasteiger partial charge < -0.3 is 5.73 Å². The Morgan fingerprint density at radius 2 is 1.70 bits per heavy atom. The van der Waals surface area contributed by atoms with E-state index >= 15 is 0 Å². The van der Waals surface area contributed by atoms with Crippen molar-refractivity contribution < 1.29 is 0 Å². The summed E-state index contributed by atoms with van der Waals surface area (Å²) < 4.78 is 1.62. The van der Waals surface area contributed by atoms with Crippen LogP contribution in [0.4, 0.5) is 5.69 Å². The summed E-state index contributed by atoms with van der Waals surface area (Å²) in [6.45, 7) is 3.67. The zero-order valence-electron chi connectivity index (χ0n) is 12.5. The molecule has 1 unspecified atom stereocenters. The Kier molecular flexibility index (Phi) is 4.19. The third-order valence-corrected chi connectivity index (χ3v) is 4.22. The molecule has 0 spiro atoms. The second-order valence-electron chi connectivity index (χ2n) is 5.08. The zero-order chi connectivity index (χ0) is 16.6. The van der Waals surface area contributed by atoms with Crippen LogP contribution < -0.4 is 5.73 Å². The Bertz CT molecular complexity index is 804. The van der Waals surface area contributed by atoms with Gasteiger partial charge in [0.2, 0.25) is 0 Å². The number of benzene rings is 1. The highest BCUT2D eigenvalue weighted by atomic mass is 35.5. The Hall–Kier alpha value is -2.18. The first kappa shape index (κ1) is 15.7. The number of anilines is 1. The minimum absolute atomic E-state index is 0.489. The number of hydrogen-bond donors (Lipinski definition) is 1. The van der Waals surface area contributed by atoms with Gasteiger partial charge in [0.05, 0.1) is 17.1 Å². The van der Waals surface area contributed by atoms with Gasteiger partial charge in [-0.2, -0.15) is 5.10 Å². The molecule has 0 aliphatic heterocycles. The van der Waals surface area contributed by atoms with Crippen LogP contribution in [0, 0.1) is 13.8 Å². The molecular formula is C15H14Cl2N6.